The maximum absolute atomic E-state index is 12.5. The molecule has 0 aliphatic heterocycles. The van der Waals surface area contributed by atoms with Gasteiger partial charge >= 0.3 is 5.76 Å². The molecule has 1 N–H and O–H groups in total. The van der Waals surface area contributed by atoms with Crippen LogP contribution in [0.25, 0.3) is 0 Å². The van der Waals surface area contributed by atoms with E-state index in [4.69, 9.17) is 0 Å². The predicted octanol–water partition coefficient (Wildman–Crippen LogP) is 2.52. The summed E-state index contributed by atoms with van der Waals surface area (Å²) in [5, 5.41) is 7.09. The van der Waals surface area contributed by atoms with Crippen molar-refractivity contribution in [2.24, 2.45) is 7.05 Å². The molecule has 6 nitrogen and oxygen atoms in total. The molecule has 0 aliphatic rings. The lowest BCUT2D eigenvalue weighted by atomic mass is 10.1. The molecule has 1 aromatic carbocycles. The molecule has 1 unspecified atom stereocenters. The molecule has 0 saturated carbocycles. The molecule has 1 amide bonds. The molecule has 0 radical (unpaired) electrons. The van der Waals surface area contributed by atoms with Crippen molar-refractivity contribution in [3.05, 3.63) is 46.8 Å². The lowest BCUT2D eigenvalue weighted by molar-refractivity contribution is 0.0939. The summed E-state index contributed by atoms with van der Waals surface area (Å²) < 4.78 is 49.5. The molecule has 0 saturated heterocycles. The lowest BCUT2D eigenvalue weighted by Crippen LogP contribution is -2.27. The van der Waals surface area contributed by atoms with Crippen molar-refractivity contribution in [2.75, 3.05) is 0 Å². The van der Waals surface area contributed by atoms with E-state index < -0.39 is 26.4 Å². The minimum Gasteiger partial charge on any atom is -0.345 e. The maximum atomic E-state index is 12.5. The highest BCUT2D eigenvalue weighted by Crippen LogP contribution is 2.22. The molecule has 1 atom stereocenters. The summed E-state index contributed by atoms with van der Waals surface area (Å²) in [7, 11) is -2.86. The van der Waals surface area contributed by atoms with Crippen LogP contribution in [0.1, 0.15) is 40.3 Å². The van der Waals surface area contributed by atoms with Gasteiger partial charge in [-0.1, -0.05) is 0 Å². The van der Waals surface area contributed by atoms with Crippen LogP contribution in [0.5, 0.6) is 0 Å². The van der Waals surface area contributed by atoms with E-state index in [-0.39, 0.29) is 11.6 Å². The van der Waals surface area contributed by atoms with Crippen LogP contribution in [0, 0.1) is 13.8 Å². The van der Waals surface area contributed by atoms with Gasteiger partial charge < -0.3 is 5.32 Å². The summed E-state index contributed by atoms with van der Waals surface area (Å²) >= 11 is 0. The second kappa shape index (κ2) is 6.91. The average molecular weight is 371 g/mol. The van der Waals surface area contributed by atoms with Gasteiger partial charge in [0.05, 0.1) is 16.6 Å². The van der Waals surface area contributed by atoms with Gasteiger partial charge in [-0.3, -0.25) is 9.48 Å². The van der Waals surface area contributed by atoms with E-state index in [1.165, 1.54) is 12.1 Å². The molecular weight excluding hydrogens is 352 g/mol. The van der Waals surface area contributed by atoms with Gasteiger partial charge in [-0.15, -0.1) is 0 Å². The first kappa shape index (κ1) is 19.0. The number of benzene rings is 1. The molecule has 9 heteroatoms. The molecule has 1 heterocycles. The van der Waals surface area contributed by atoms with Crippen LogP contribution < -0.4 is 5.32 Å². The lowest BCUT2D eigenvalue weighted by Gasteiger charge is -2.15. The van der Waals surface area contributed by atoms with Crippen LogP contribution in [-0.2, 0) is 16.9 Å². The highest BCUT2D eigenvalue weighted by atomic mass is 32.2. The predicted molar refractivity (Wildman–Crippen MR) is 88.2 cm³/mol. The summed E-state index contributed by atoms with van der Waals surface area (Å²) in [5.41, 5.74) is 2.79. The van der Waals surface area contributed by atoms with Gasteiger partial charge in [0.25, 0.3) is 5.91 Å². The third-order valence-corrected chi connectivity index (χ3v) is 5.42. The van der Waals surface area contributed by atoms with E-state index in [1.54, 1.807) is 4.68 Å². The largest absolute Gasteiger partial charge is 0.345 e. The second-order valence-corrected chi connectivity index (χ2v) is 7.65. The van der Waals surface area contributed by atoms with Crippen LogP contribution >= 0.6 is 0 Å². The smallest absolute Gasteiger partial charge is 0.341 e. The molecule has 2 aromatic rings. The fourth-order valence-corrected chi connectivity index (χ4v) is 3.39. The quantitative estimate of drug-likeness (QED) is 0.876. The van der Waals surface area contributed by atoms with Crippen molar-refractivity contribution in [3.63, 3.8) is 0 Å². The molecule has 0 spiro atoms. The Morgan fingerprint density at radius 2 is 1.76 bits per heavy atom. The molecule has 0 aliphatic carbocycles. The van der Waals surface area contributed by atoms with Crippen molar-refractivity contribution in [1.82, 2.24) is 15.1 Å². The summed E-state index contributed by atoms with van der Waals surface area (Å²) in [6, 6.07) is 4.11. The van der Waals surface area contributed by atoms with Crippen LogP contribution in [0.2, 0.25) is 0 Å². The minimum absolute atomic E-state index is 0.180. The second-order valence-electron chi connectivity index (χ2n) is 5.73. The Hall–Kier alpha value is -2.29. The number of hydrogen-bond donors (Lipinski definition) is 1. The third kappa shape index (κ3) is 3.71. The molecular formula is C16H19F2N3O3S. The Balaban J connectivity index is 2.19. The van der Waals surface area contributed by atoms with Gasteiger partial charge in [-0.05, 0) is 45.0 Å². The molecule has 136 valence electrons. The number of nitrogens with one attached hydrogen (secondary N) is 1. The zero-order valence-electron chi connectivity index (χ0n) is 14.2. The number of carbonyl (C=O) groups is 1. The van der Waals surface area contributed by atoms with Gasteiger partial charge in [0, 0.05) is 23.9 Å². The van der Waals surface area contributed by atoms with E-state index in [0.29, 0.717) is 0 Å². The number of rotatable bonds is 5. The van der Waals surface area contributed by atoms with E-state index in [2.05, 4.69) is 10.4 Å². The summed E-state index contributed by atoms with van der Waals surface area (Å²) in [5.74, 6) is -3.93. The monoisotopic (exact) mass is 371 g/mol. The van der Waals surface area contributed by atoms with Crippen LogP contribution in [0.15, 0.2) is 29.2 Å². The number of aromatic nitrogens is 2. The molecule has 2 rings (SSSR count). The van der Waals surface area contributed by atoms with Crippen LogP contribution in [-0.4, -0.2) is 29.9 Å². The van der Waals surface area contributed by atoms with Crippen molar-refractivity contribution in [1.29, 1.82) is 0 Å². The number of alkyl halides is 2. The normalized spacial score (nSPS) is 13.1. The third-order valence-electron chi connectivity index (χ3n) is 4.03. The molecule has 1 aromatic heterocycles. The number of carbonyl (C=O) groups excluding carboxylic acids is 1. The first-order chi connectivity index (χ1) is 11.6. The van der Waals surface area contributed by atoms with E-state index >= 15 is 0 Å². The van der Waals surface area contributed by atoms with Crippen LogP contribution in [0.3, 0.4) is 0 Å². The maximum Gasteiger partial charge on any atom is 0.341 e. The van der Waals surface area contributed by atoms with Crippen LogP contribution in [0.4, 0.5) is 8.78 Å². The van der Waals surface area contributed by atoms with E-state index in [9.17, 15) is 22.0 Å². The number of nitrogens with zero attached hydrogens (tertiary/aromatic N) is 2. The van der Waals surface area contributed by atoms with Crippen molar-refractivity contribution in [2.45, 2.75) is 37.5 Å². The average Bonchev–Trinajstić information content (AvgIpc) is 2.79. The Morgan fingerprint density at radius 3 is 2.20 bits per heavy atom. The Labute approximate surface area is 144 Å². The minimum atomic E-state index is -4.67. The number of halogens is 2. The first-order valence-electron chi connectivity index (χ1n) is 7.48. The van der Waals surface area contributed by atoms with Gasteiger partial charge in [-0.2, -0.15) is 13.9 Å². The van der Waals surface area contributed by atoms with Gasteiger partial charge in [0.15, 0.2) is 0 Å². The Kier molecular flexibility index (Phi) is 5.26. The highest BCUT2D eigenvalue weighted by Gasteiger charge is 2.26. The zero-order valence-corrected chi connectivity index (χ0v) is 15.1. The van der Waals surface area contributed by atoms with Crippen molar-refractivity contribution in [3.8, 4) is 0 Å². The first-order valence-corrected chi connectivity index (χ1v) is 9.03. The fraction of sp³-hybridized carbons (Fsp3) is 0.375. The highest BCUT2D eigenvalue weighted by molar-refractivity contribution is 7.91. The summed E-state index contributed by atoms with van der Waals surface area (Å²) in [6.07, 6.45) is 0. The topological polar surface area (TPSA) is 81.1 Å². The number of sulfone groups is 1. The standard InChI is InChI=1S/C16H19F2N3O3S/c1-9(14-10(2)20-21(4)11(14)3)19-15(22)12-5-7-13(8-6-12)25(23,24)16(17)18/h5-9,16H,1-4H3,(H,19,22). The van der Waals surface area contributed by atoms with Gasteiger partial charge in [0.2, 0.25) is 9.84 Å². The zero-order chi connectivity index (χ0) is 18.9. The number of hydrogen-bond acceptors (Lipinski definition) is 4. The number of amides is 1. The van der Waals surface area contributed by atoms with Crippen molar-refractivity contribution < 1.29 is 22.0 Å². The molecule has 25 heavy (non-hydrogen) atoms. The van der Waals surface area contributed by atoms with E-state index in [0.717, 1.165) is 29.1 Å². The molecule has 0 bridgehead atoms. The Bertz CT molecular complexity index is 890. The number of aryl methyl sites for hydroxylation is 2. The fourth-order valence-electron chi connectivity index (χ4n) is 2.67. The van der Waals surface area contributed by atoms with Crippen molar-refractivity contribution >= 4 is 15.7 Å². The summed E-state index contributed by atoms with van der Waals surface area (Å²) in [6.45, 7) is 5.54. The van der Waals surface area contributed by atoms with Gasteiger partial charge in [-0.25, -0.2) is 8.42 Å². The van der Waals surface area contributed by atoms with E-state index in [1.807, 2.05) is 27.8 Å². The Morgan fingerprint density at radius 1 is 1.20 bits per heavy atom. The summed E-state index contributed by atoms with van der Waals surface area (Å²) in [4.78, 5) is 11.8. The van der Waals surface area contributed by atoms with Gasteiger partial charge in [0.1, 0.15) is 0 Å². The SMILES string of the molecule is Cc1nn(C)c(C)c1C(C)NC(=O)c1ccc(S(=O)(=O)C(F)F)cc1. The molecule has 0 fully saturated rings.